The summed E-state index contributed by atoms with van der Waals surface area (Å²) >= 11 is 1.14. The molecule has 1 aliphatic rings. The number of anilines is 1. The van der Waals surface area contributed by atoms with E-state index in [4.69, 9.17) is 10.5 Å². The van der Waals surface area contributed by atoms with E-state index in [2.05, 4.69) is 4.72 Å². The fourth-order valence-corrected chi connectivity index (χ4v) is 4.50. The lowest BCUT2D eigenvalue weighted by Gasteiger charge is -2.27. The van der Waals surface area contributed by atoms with Gasteiger partial charge in [0, 0.05) is 30.3 Å². The molecule has 0 saturated carbocycles. The monoisotopic (exact) mass is 290 g/mol. The number of hydrogen-bond donors (Lipinski definition) is 2. The molecule has 5 nitrogen and oxygen atoms in total. The molecule has 18 heavy (non-hydrogen) atoms. The number of sulfonamides is 1. The molecule has 0 aromatic carbocycles. The third-order valence-corrected chi connectivity index (χ3v) is 6.19. The topological polar surface area (TPSA) is 81.4 Å². The minimum Gasteiger partial charge on any atom is -0.398 e. The van der Waals surface area contributed by atoms with Crippen LogP contribution >= 0.6 is 11.3 Å². The number of nitrogens with two attached hydrogens (primary N) is 1. The van der Waals surface area contributed by atoms with E-state index in [1.54, 1.807) is 5.38 Å². The van der Waals surface area contributed by atoms with E-state index in [1.165, 1.54) is 6.07 Å². The molecule has 1 aromatic heterocycles. The minimum atomic E-state index is -3.44. The summed E-state index contributed by atoms with van der Waals surface area (Å²) in [6, 6.07) is 1.41. The van der Waals surface area contributed by atoms with Crippen LogP contribution in [-0.4, -0.2) is 27.7 Å². The Morgan fingerprint density at radius 2 is 2.17 bits per heavy atom. The Hall–Kier alpha value is -0.630. The van der Waals surface area contributed by atoms with Gasteiger partial charge in [-0.2, -0.15) is 0 Å². The number of ether oxygens (including phenoxy) is 1. The second kappa shape index (κ2) is 5.56. The third kappa shape index (κ3) is 3.23. The zero-order valence-corrected chi connectivity index (χ0v) is 11.9. The maximum atomic E-state index is 12.1. The number of thiophene rings is 1. The fourth-order valence-electron chi connectivity index (χ4n) is 2.09. The van der Waals surface area contributed by atoms with Crippen LogP contribution in [0, 0.1) is 5.92 Å². The first kappa shape index (κ1) is 13.8. The highest BCUT2D eigenvalue weighted by molar-refractivity contribution is 7.91. The summed E-state index contributed by atoms with van der Waals surface area (Å²) in [5, 5.41) is 1.63. The molecule has 0 aliphatic carbocycles. The first-order chi connectivity index (χ1) is 8.49. The van der Waals surface area contributed by atoms with Crippen molar-refractivity contribution in [2.24, 2.45) is 5.92 Å². The van der Waals surface area contributed by atoms with Crippen LogP contribution in [0.4, 0.5) is 5.69 Å². The van der Waals surface area contributed by atoms with Crippen LogP contribution in [0.5, 0.6) is 0 Å². The summed E-state index contributed by atoms with van der Waals surface area (Å²) < 4.78 is 32.5. The van der Waals surface area contributed by atoms with Gasteiger partial charge in [-0.1, -0.05) is 0 Å². The Balaban J connectivity index is 2.03. The van der Waals surface area contributed by atoms with Crippen LogP contribution in [0.1, 0.15) is 19.8 Å². The van der Waals surface area contributed by atoms with E-state index in [0.29, 0.717) is 24.8 Å². The Kier molecular flexibility index (Phi) is 4.26. The molecule has 0 amide bonds. The summed E-state index contributed by atoms with van der Waals surface area (Å²) in [5.74, 6) is 0.339. The van der Waals surface area contributed by atoms with Gasteiger partial charge in [0.05, 0.1) is 0 Å². The van der Waals surface area contributed by atoms with Crippen molar-refractivity contribution in [2.45, 2.75) is 30.0 Å². The van der Waals surface area contributed by atoms with Crippen LogP contribution in [0.3, 0.4) is 0 Å². The number of hydrogen-bond acceptors (Lipinski definition) is 5. The van der Waals surface area contributed by atoms with Gasteiger partial charge in [0.1, 0.15) is 4.21 Å². The molecule has 2 rings (SSSR count). The molecule has 1 unspecified atom stereocenters. The number of nitrogen functional groups attached to an aromatic ring is 1. The van der Waals surface area contributed by atoms with E-state index in [1.807, 2.05) is 6.92 Å². The van der Waals surface area contributed by atoms with Crippen LogP contribution in [0.15, 0.2) is 15.7 Å². The van der Waals surface area contributed by atoms with Crippen molar-refractivity contribution in [1.82, 2.24) is 4.72 Å². The van der Waals surface area contributed by atoms with E-state index < -0.39 is 10.0 Å². The maximum Gasteiger partial charge on any atom is 0.250 e. The van der Waals surface area contributed by atoms with Crippen molar-refractivity contribution in [1.29, 1.82) is 0 Å². The maximum absolute atomic E-state index is 12.1. The van der Waals surface area contributed by atoms with Crippen molar-refractivity contribution in [3.63, 3.8) is 0 Å². The summed E-state index contributed by atoms with van der Waals surface area (Å²) in [5.41, 5.74) is 6.04. The molecule has 1 atom stereocenters. The summed E-state index contributed by atoms with van der Waals surface area (Å²) in [6.07, 6.45) is 1.80. The first-order valence-electron chi connectivity index (χ1n) is 5.93. The number of nitrogens with one attached hydrogen (secondary N) is 1. The highest BCUT2D eigenvalue weighted by atomic mass is 32.2. The molecule has 3 N–H and O–H groups in total. The Labute approximate surface area is 111 Å². The standard InChI is InChI=1S/C11H18N2O3S2/c1-8(9-2-4-16-5-3-9)13-18(14,15)11-6-10(12)7-17-11/h6-9,13H,2-5,12H2,1H3. The molecule has 102 valence electrons. The van der Waals surface area contributed by atoms with Crippen molar-refractivity contribution in [2.75, 3.05) is 18.9 Å². The summed E-state index contributed by atoms with van der Waals surface area (Å²) in [4.78, 5) is 0. The zero-order valence-electron chi connectivity index (χ0n) is 10.3. The Bertz CT molecular complexity index is 492. The van der Waals surface area contributed by atoms with Crippen LogP contribution in [-0.2, 0) is 14.8 Å². The van der Waals surface area contributed by atoms with Gasteiger partial charge in [-0.3, -0.25) is 0 Å². The predicted octanol–water partition coefficient (Wildman–Crippen LogP) is 1.42. The smallest absolute Gasteiger partial charge is 0.250 e. The molecule has 7 heteroatoms. The average Bonchev–Trinajstić information content (AvgIpc) is 2.77. The highest BCUT2D eigenvalue weighted by Gasteiger charge is 2.26. The lowest BCUT2D eigenvalue weighted by Crippen LogP contribution is -2.39. The minimum absolute atomic E-state index is 0.0813. The van der Waals surface area contributed by atoms with Gasteiger partial charge in [0.15, 0.2) is 0 Å². The van der Waals surface area contributed by atoms with Crippen molar-refractivity contribution in [3.05, 3.63) is 11.4 Å². The molecule has 1 fully saturated rings. The van der Waals surface area contributed by atoms with Crippen molar-refractivity contribution >= 4 is 27.0 Å². The van der Waals surface area contributed by atoms with E-state index >= 15 is 0 Å². The van der Waals surface area contributed by atoms with Crippen LogP contribution < -0.4 is 10.5 Å². The van der Waals surface area contributed by atoms with Gasteiger partial charge in [-0.05, 0) is 31.7 Å². The Morgan fingerprint density at radius 3 is 2.72 bits per heavy atom. The summed E-state index contributed by atoms with van der Waals surface area (Å²) in [7, 11) is -3.44. The van der Waals surface area contributed by atoms with Crippen molar-refractivity contribution in [3.8, 4) is 0 Å². The van der Waals surface area contributed by atoms with Gasteiger partial charge >= 0.3 is 0 Å². The zero-order chi connectivity index (χ0) is 13.2. The van der Waals surface area contributed by atoms with E-state index in [-0.39, 0.29) is 10.3 Å². The third-order valence-electron chi connectivity index (χ3n) is 3.17. The van der Waals surface area contributed by atoms with Crippen molar-refractivity contribution < 1.29 is 13.2 Å². The lowest BCUT2D eigenvalue weighted by molar-refractivity contribution is 0.0586. The van der Waals surface area contributed by atoms with Gasteiger partial charge in [-0.15, -0.1) is 11.3 Å². The average molecular weight is 290 g/mol. The number of rotatable bonds is 4. The van der Waals surface area contributed by atoms with Gasteiger partial charge in [0.2, 0.25) is 10.0 Å². The fraction of sp³-hybridized carbons (Fsp3) is 0.636. The molecular formula is C11H18N2O3S2. The highest BCUT2D eigenvalue weighted by Crippen LogP contribution is 2.24. The molecule has 1 aliphatic heterocycles. The van der Waals surface area contributed by atoms with E-state index in [9.17, 15) is 8.42 Å². The molecule has 2 heterocycles. The predicted molar refractivity (Wildman–Crippen MR) is 72.1 cm³/mol. The molecule has 0 spiro atoms. The lowest BCUT2D eigenvalue weighted by atomic mass is 9.94. The summed E-state index contributed by atoms with van der Waals surface area (Å²) in [6.45, 7) is 3.33. The van der Waals surface area contributed by atoms with Gasteiger partial charge < -0.3 is 10.5 Å². The molecular weight excluding hydrogens is 272 g/mol. The molecule has 1 aromatic rings. The van der Waals surface area contributed by atoms with Crippen LogP contribution in [0.25, 0.3) is 0 Å². The largest absolute Gasteiger partial charge is 0.398 e. The molecule has 1 saturated heterocycles. The van der Waals surface area contributed by atoms with Gasteiger partial charge in [0.25, 0.3) is 0 Å². The molecule has 0 bridgehead atoms. The quantitative estimate of drug-likeness (QED) is 0.879. The SMILES string of the molecule is CC(NS(=O)(=O)c1cc(N)cs1)C1CCOCC1. The van der Waals surface area contributed by atoms with Crippen LogP contribution in [0.2, 0.25) is 0 Å². The normalized spacial score (nSPS) is 19.8. The van der Waals surface area contributed by atoms with E-state index in [0.717, 1.165) is 24.2 Å². The molecule has 0 radical (unpaired) electrons. The second-order valence-electron chi connectivity index (χ2n) is 4.56. The first-order valence-corrected chi connectivity index (χ1v) is 8.29. The van der Waals surface area contributed by atoms with Gasteiger partial charge in [-0.25, -0.2) is 13.1 Å². The Morgan fingerprint density at radius 1 is 1.50 bits per heavy atom. The second-order valence-corrected chi connectivity index (χ2v) is 7.41.